The largest absolute Gasteiger partial charge is 0.0985 e. The lowest BCUT2D eigenvalue weighted by Crippen LogP contribution is -2.30. The average molecular weight is 339 g/mol. The van der Waals surface area contributed by atoms with Gasteiger partial charge in [0, 0.05) is 0 Å². The number of benzene rings is 1. The summed E-state index contributed by atoms with van der Waals surface area (Å²) in [6.45, 7) is 18.3. The second-order valence-electron chi connectivity index (χ2n) is 9.15. The van der Waals surface area contributed by atoms with Crippen LogP contribution in [0.25, 0.3) is 6.08 Å². The van der Waals surface area contributed by atoms with Gasteiger partial charge in [-0.2, -0.15) is 0 Å². The van der Waals surface area contributed by atoms with Crippen molar-refractivity contribution in [3.8, 4) is 0 Å². The molecule has 0 spiro atoms. The van der Waals surface area contributed by atoms with Crippen LogP contribution in [0.3, 0.4) is 0 Å². The van der Waals surface area contributed by atoms with Gasteiger partial charge in [-0.25, -0.2) is 0 Å². The Morgan fingerprint density at radius 2 is 1.88 bits per heavy atom. The summed E-state index contributed by atoms with van der Waals surface area (Å²) in [7, 11) is 0. The van der Waals surface area contributed by atoms with Crippen LogP contribution in [0.4, 0.5) is 0 Å². The van der Waals surface area contributed by atoms with Gasteiger partial charge in [0.25, 0.3) is 0 Å². The van der Waals surface area contributed by atoms with Crippen LogP contribution in [0.15, 0.2) is 30.4 Å². The van der Waals surface area contributed by atoms with E-state index < -0.39 is 0 Å². The minimum absolute atomic E-state index is 0.326. The van der Waals surface area contributed by atoms with E-state index in [-0.39, 0.29) is 0 Å². The fourth-order valence-electron chi connectivity index (χ4n) is 4.63. The molecule has 0 N–H and O–H groups in total. The van der Waals surface area contributed by atoms with Gasteiger partial charge >= 0.3 is 0 Å². The molecule has 0 nitrogen and oxygen atoms in total. The number of rotatable bonds is 6. The van der Waals surface area contributed by atoms with Crippen molar-refractivity contribution >= 4 is 6.08 Å². The molecular weight excluding hydrogens is 300 g/mol. The number of hydrogen-bond donors (Lipinski definition) is 0. The highest BCUT2D eigenvalue weighted by molar-refractivity contribution is 5.58. The maximum Gasteiger partial charge on any atom is -0.00800 e. The zero-order chi connectivity index (χ0) is 18.6. The van der Waals surface area contributed by atoms with Gasteiger partial charge in [-0.3, -0.25) is 0 Å². The maximum absolute atomic E-state index is 4.16. The van der Waals surface area contributed by atoms with Crippen molar-refractivity contribution in [3.05, 3.63) is 52.6 Å². The molecule has 1 aliphatic rings. The predicted octanol–water partition coefficient (Wildman–Crippen LogP) is 7.86. The van der Waals surface area contributed by atoms with Gasteiger partial charge < -0.3 is 0 Å². The second kappa shape index (κ2) is 8.39. The summed E-state index contributed by atoms with van der Waals surface area (Å²) < 4.78 is 0. The van der Waals surface area contributed by atoms with Crippen molar-refractivity contribution in [2.45, 2.75) is 86.0 Å². The highest BCUT2D eigenvalue weighted by Gasteiger charge is 2.36. The Morgan fingerprint density at radius 3 is 2.48 bits per heavy atom. The summed E-state index contributed by atoms with van der Waals surface area (Å²) in [4.78, 5) is 0. The van der Waals surface area contributed by atoms with Crippen LogP contribution < -0.4 is 0 Å². The van der Waals surface area contributed by atoms with Gasteiger partial charge in [-0.05, 0) is 79.0 Å². The van der Waals surface area contributed by atoms with Gasteiger partial charge in [0.1, 0.15) is 0 Å². The molecule has 138 valence electrons. The molecule has 0 saturated heterocycles. The molecule has 1 aliphatic carbocycles. The average Bonchev–Trinajstić information content (AvgIpc) is 2.53. The minimum atomic E-state index is 0.326. The van der Waals surface area contributed by atoms with E-state index in [4.69, 9.17) is 0 Å². The third kappa shape index (κ3) is 4.87. The fourth-order valence-corrected chi connectivity index (χ4v) is 4.63. The fraction of sp³-hybridized carbons (Fsp3) is 0.600. The van der Waals surface area contributed by atoms with E-state index in [1.54, 1.807) is 11.1 Å². The van der Waals surface area contributed by atoms with Gasteiger partial charge in [-0.1, -0.05) is 77.0 Å². The molecule has 0 radical (unpaired) electrons. The molecule has 0 saturated carbocycles. The zero-order valence-electron chi connectivity index (χ0n) is 17.4. The maximum atomic E-state index is 4.16. The topological polar surface area (TPSA) is 0 Å². The molecule has 0 fully saturated rings. The molecular formula is C25H38. The monoisotopic (exact) mass is 338 g/mol. The van der Waals surface area contributed by atoms with E-state index >= 15 is 0 Å². The Kier molecular flexibility index (Phi) is 6.72. The van der Waals surface area contributed by atoms with Crippen molar-refractivity contribution in [2.75, 3.05) is 0 Å². The Labute approximate surface area is 156 Å². The normalized spacial score (nSPS) is 21.1. The van der Waals surface area contributed by atoms with Gasteiger partial charge in [0.2, 0.25) is 0 Å². The van der Waals surface area contributed by atoms with E-state index in [1.165, 1.54) is 55.2 Å². The molecule has 2 unspecified atom stereocenters. The van der Waals surface area contributed by atoms with Crippen LogP contribution in [0.2, 0.25) is 0 Å². The van der Waals surface area contributed by atoms with Gasteiger partial charge in [0.05, 0.1) is 0 Å². The number of allylic oxidation sites excluding steroid dienone is 2. The Bertz CT molecular complexity index is 624. The first-order valence-corrected chi connectivity index (χ1v) is 10.2. The summed E-state index contributed by atoms with van der Waals surface area (Å²) in [6, 6.07) is 4.86. The van der Waals surface area contributed by atoms with Gasteiger partial charge in [-0.15, -0.1) is 0 Å². The van der Waals surface area contributed by atoms with E-state index in [0.29, 0.717) is 17.3 Å². The SMILES string of the molecule is C=Cc1cc(CCCCC)cc(C)c1C1CC(C)=CCC1C(C)(C)C. The van der Waals surface area contributed by atoms with E-state index in [0.717, 1.165) is 0 Å². The molecule has 0 aliphatic heterocycles. The second-order valence-corrected chi connectivity index (χ2v) is 9.15. The molecule has 2 atom stereocenters. The Morgan fingerprint density at radius 1 is 1.16 bits per heavy atom. The standard InChI is InChI=1S/C25H38/c1-8-10-11-12-20-16-19(4)24(21(9-2)17-20)22-15-18(3)13-14-23(22)25(5,6)7/h9,13,16-17,22-23H,2,8,10-12,14-15H2,1,3-7H3. The summed E-state index contributed by atoms with van der Waals surface area (Å²) in [5.41, 5.74) is 7.76. The Hall–Kier alpha value is -1.30. The number of unbranched alkanes of at least 4 members (excludes halogenated alkanes) is 2. The van der Waals surface area contributed by atoms with Crippen molar-refractivity contribution in [2.24, 2.45) is 11.3 Å². The van der Waals surface area contributed by atoms with Crippen LogP contribution in [0.5, 0.6) is 0 Å². The quantitative estimate of drug-likeness (QED) is 0.366. The predicted molar refractivity (Wildman–Crippen MR) is 113 cm³/mol. The first-order chi connectivity index (χ1) is 11.8. The first kappa shape index (κ1) is 20.0. The first-order valence-electron chi connectivity index (χ1n) is 10.2. The summed E-state index contributed by atoms with van der Waals surface area (Å²) >= 11 is 0. The summed E-state index contributed by atoms with van der Waals surface area (Å²) in [5.74, 6) is 1.31. The van der Waals surface area contributed by atoms with Crippen LogP contribution in [0, 0.1) is 18.3 Å². The molecule has 2 rings (SSSR count). The summed E-state index contributed by atoms with van der Waals surface area (Å²) in [5, 5.41) is 0. The van der Waals surface area contributed by atoms with Crippen LogP contribution >= 0.6 is 0 Å². The lowest BCUT2D eigenvalue weighted by Gasteiger charge is -2.41. The number of aryl methyl sites for hydroxylation is 2. The minimum Gasteiger partial charge on any atom is -0.0985 e. The number of hydrogen-bond acceptors (Lipinski definition) is 0. The smallest absolute Gasteiger partial charge is 0.00800 e. The summed E-state index contributed by atoms with van der Waals surface area (Å²) in [6.07, 6.45) is 12.1. The molecule has 1 aromatic carbocycles. The Balaban J connectivity index is 2.42. The van der Waals surface area contributed by atoms with Crippen molar-refractivity contribution in [1.29, 1.82) is 0 Å². The third-order valence-corrected chi connectivity index (χ3v) is 6.00. The molecule has 0 bridgehead atoms. The van der Waals surface area contributed by atoms with E-state index in [1.807, 2.05) is 0 Å². The molecule has 0 amide bonds. The van der Waals surface area contributed by atoms with Crippen molar-refractivity contribution in [1.82, 2.24) is 0 Å². The third-order valence-electron chi connectivity index (χ3n) is 6.00. The lowest BCUT2D eigenvalue weighted by atomic mass is 9.63. The highest BCUT2D eigenvalue weighted by atomic mass is 14.4. The zero-order valence-corrected chi connectivity index (χ0v) is 17.4. The molecule has 0 aromatic heterocycles. The van der Waals surface area contributed by atoms with Crippen LogP contribution in [-0.4, -0.2) is 0 Å². The van der Waals surface area contributed by atoms with Gasteiger partial charge in [0.15, 0.2) is 0 Å². The van der Waals surface area contributed by atoms with E-state index in [9.17, 15) is 0 Å². The molecule has 0 heteroatoms. The van der Waals surface area contributed by atoms with Crippen LogP contribution in [0.1, 0.15) is 94.9 Å². The van der Waals surface area contributed by atoms with E-state index in [2.05, 4.69) is 72.4 Å². The lowest BCUT2D eigenvalue weighted by molar-refractivity contribution is 0.192. The van der Waals surface area contributed by atoms with Crippen molar-refractivity contribution in [3.63, 3.8) is 0 Å². The highest BCUT2D eigenvalue weighted by Crippen LogP contribution is 2.48. The van der Waals surface area contributed by atoms with Crippen LogP contribution in [-0.2, 0) is 6.42 Å². The molecule has 1 aromatic rings. The van der Waals surface area contributed by atoms with Crippen molar-refractivity contribution < 1.29 is 0 Å². The molecule has 25 heavy (non-hydrogen) atoms. The molecule has 0 heterocycles.